The van der Waals surface area contributed by atoms with Gasteiger partial charge in [-0.15, -0.1) is 0 Å². The lowest BCUT2D eigenvalue weighted by Crippen LogP contribution is -2.35. The molecule has 0 saturated heterocycles. The van der Waals surface area contributed by atoms with Crippen LogP contribution in [0.4, 0.5) is 0 Å². The van der Waals surface area contributed by atoms with E-state index in [4.69, 9.17) is 18.9 Å². The molecule has 0 bridgehead atoms. The van der Waals surface area contributed by atoms with Gasteiger partial charge in [0.15, 0.2) is 11.5 Å². The van der Waals surface area contributed by atoms with Crippen LogP contribution in [-0.4, -0.2) is 56.7 Å². The van der Waals surface area contributed by atoms with Crippen LogP contribution in [-0.2, 0) is 28.9 Å². The smallest absolute Gasteiger partial charge is 0.337 e. The van der Waals surface area contributed by atoms with E-state index in [2.05, 4.69) is 4.98 Å². The molecule has 1 aromatic heterocycles. The zero-order chi connectivity index (χ0) is 23.5. The van der Waals surface area contributed by atoms with Crippen molar-refractivity contribution < 1.29 is 28.5 Å². The Morgan fingerprint density at radius 2 is 1.73 bits per heavy atom. The molecule has 1 N–H and O–H groups in total. The van der Waals surface area contributed by atoms with Crippen LogP contribution in [0.5, 0.6) is 17.2 Å². The minimum absolute atomic E-state index is 0.0767. The Morgan fingerprint density at radius 3 is 2.36 bits per heavy atom. The third-order valence-electron chi connectivity index (χ3n) is 6.10. The number of carbonyl (C=O) groups is 2. The van der Waals surface area contributed by atoms with Crippen molar-refractivity contribution in [3.63, 3.8) is 0 Å². The summed E-state index contributed by atoms with van der Waals surface area (Å²) in [6.07, 6.45) is 1.66. The van der Waals surface area contributed by atoms with Crippen LogP contribution >= 0.6 is 0 Å². The number of fused-ring (bicyclic) bond motifs is 3. The number of aromatic nitrogens is 1. The normalized spacial score (nSPS) is 12.9. The lowest BCUT2D eigenvalue weighted by molar-refractivity contribution is -0.132. The monoisotopic (exact) mass is 452 g/mol. The fraction of sp³-hybridized carbons (Fsp3) is 0.360. The summed E-state index contributed by atoms with van der Waals surface area (Å²) in [5, 5.41) is 0.954. The van der Waals surface area contributed by atoms with E-state index in [0.29, 0.717) is 48.7 Å². The molecule has 8 nitrogen and oxygen atoms in total. The number of carbonyl (C=O) groups excluding carboxylic acids is 2. The molecule has 1 aliphatic heterocycles. The van der Waals surface area contributed by atoms with E-state index in [1.807, 2.05) is 29.2 Å². The van der Waals surface area contributed by atoms with Crippen molar-refractivity contribution in [3.05, 3.63) is 52.7 Å². The molecule has 1 aliphatic rings. The number of rotatable bonds is 7. The van der Waals surface area contributed by atoms with E-state index in [1.165, 1.54) is 7.11 Å². The SMILES string of the molecule is COC(=O)c1ccc2[nH]c3c(c2c1)CN(C(=O)CCc1cc(OC)c(OC)c(OC)c1)CC3. The van der Waals surface area contributed by atoms with E-state index >= 15 is 0 Å². The van der Waals surface area contributed by atoms with E-state index in [-0.39, 0.29) is 11.9 Å². The first-order valence-electron chi connectivity index (χ1n) is 10.8. The first-order chi connectivity index (χ1) is 16.0. The van der Waals surface area contributed by atoms with Crippen molar-refractivity contribution in [3.8, 4) is 17.2 Å². The first kappa shape index (κ1) is 22.5. The van der Waals surface area contributed by atoms with E-state index < -0.39 is 0 Å². The van der Waals surface area contributed by atoms with Gasteiger partial charge < -0.3 is 28.8 Å². The number of benzene rings is 2. The maximum Gasteiger partial charge on any atom is 0.337 e. The van der Waals surface area contributed by atoms with Gasteiger partial charge in [0, 0.05) is 48.1 Å². The number of nitrogens with zero attached hydrogens (tertiary/aromatic N) is 1. The molecule has 0 saturated carbocycles. The van der Waals surface area contributed by atoms with Crippen molar-refractivity contribution >= 4 is 22.8 Å². The van der Waals surface area contributed by atoms with Gasteiger partial charge in [0.1, 0.15) is 0 Å². The number of aryl methyl sites for hydroxylation is 1. The minimum atomic E-state index is -0.374. The number of aromatic amines is 1. The Balaban J connectivity index is 1.50. The van der Waals surface area contributed by atoms with Gasteiger partial charge in [0.2, 0.25) is 11.7 Å². The lowest BCUT2D eigenvalue weighted by Gasteiger charge is -2.27. The Hall–Kier alpha value is -3.68. The summed E-state index contributed by atoms with van der Waals surface area (Å²) >= 11 is 0. The van der Waals surface area contributed by atoms with Crippen LogP contribution in [0.25, 0.3) is 10.9 Å². The molecule has 2 heterocycles. The number of nitrogens with one attached hydrogen (secondary N) is 1. The Kier molecular flexibility index (Phi) is 6.44. The van der Waals surface area contributed by atoms with Crippen LogP contribution in [0.15, 0.2) is 30.3 Å². The van der Waals surface area contributed by atoms with Crippen molar-refractivity contribution in [2.75, 3.05) is 35.0 Å². The number of methoxy groups -OCH3 is 4. The standard InChI is InChI=1S/C25H28N2O6/c1-30-21-11-15(12-22(31-2)24(21)32-3)5-8-23(28)27-10-9-20-18(14-27)17-13-16(25(29)33-4)6-7-19(17)26-20/h6-7,11-13,26H,5,8-10,14H2,1-4H3. The summed E-state index contributed by atoms with van der Waals surface area (Å²) in [6, 6.07) is 9.21. The van der Waals surface area contributed by atoms with Crippen molar-refractivity contribution in [1.82, 2.24) is 9.88 Å². The first-order valence-corrected chi connectivity index (χ1v) is 10.8. The number of esters is 1. The zero-order valence-electron chi connectivity index (χ0n) is 19.3. The molecular weight excluding hydrogens is 424 g/mol. The van der Waals surface area contributed by atoms with Gasteiger partial charge in [-0.05, 0) is 42.3 Å². The third-order valence-corrected chi connectivity index (χ3v) is 6.10. The molecule has 0 spiro atoms. The van der Waals surface area contributed by atoms with Gasteiger partial charge in [0.05, 0.1) is 34.0 Å². The van der Waals surface area contributed by atoms with Gasteiger partial charge >= 0.3 is 5.97 Å². The van der Waals surface area contributed by atoms with Gasteiger partial charge in [0.25, 0.3) is 0 Å². The minimum Gasteiger partial charge on any atom is -0.493 e. The van der Waals surface area contributed by atoms with Crippen LogP contribution in [0.1, 0.15) is 33.6 Å². The maximum absolute atomic E-state index is 13.0. The highest BCUT2D eigenvalue weighted by Crippen LogP contribution is 2.38. The van der Waals surface area contributed by atoms with E-state index in [1.54, 1.807) is 27.4 Å². The predicted octanol–water partition coefficient (Wildman–Crippen LogP) is 3.50. The second-order valence-electron chi connectivity index (χ2n) is 7.93. The molecule has 33 heavy (non-hydrogen) atoms. The molecular formula is C25H28N2O6. The van der Waals surface area contributed by atoms with Gasteiger partial charge in [-0.1, -0.05) is 0 Å². The molecule has 1 amide bonds. The highest BCUT2D eigenvalue weighted by Gasteiger charge is 2.25. The van der Waals surface area contributed by atoms with Crippen molar-refractivity contribution in [2.24, 2.45) is 0 Å². The summed E-state index contributed by atoms with van der Waals surface area (Å²) in [6.45, 7) is 1.16. The summed E-state index contributed by atoms with van der Waals surface area (Å²) in [5.74, 6) is 1.38. The topological polar surface area (TPSA) is 90.1 Å². The van der Waals surface area contributed by atoms with Crippen LogP contribution < -0.4 is 14.2 Å². The van der Waals surface area contributed by atoms with Gasteiger partial charge in [-0.3, -0.25) is 4.79 Å². The highest BCUT2D eigenvalue weighted by atomic mass is 16.5. The zero-order valence-corrected chi connectivity index (χ0v) is 19.3. The highest BCUT2D eigenvalue weighted by molar-refractivity contribution is 5.96. The predicted molar refractivity (Wildman–Crippen MR) is 123 cm³/mol. The molecule has 8 heteroatoms. The fourth-order valence-corrected chi connectivity index (χ4v) is 4.36. The molecule has 174 valence electrons. The second-order valence-corrected chi connectivity index (χ2v) is 7.93. The van der Waals surface area contributed by atoms with Crippen molar-refractivity contribution in [2.45, 2.75) is 25.8 Å². The molecule has 0 atom stereocenters. The van der Waals surface area contributed by atoms with Crippen LogP contribution in [0.2, 0.25) is 0 Å². The number of hydrogen-bond donors (Lipinski definition) is 1. The molecule has 0 aliphatic carbocycles. The number of amides is 1. The van der Waals surface area contributed by atoms with Crippen LogP contribution in [0, 0.1) is 0 Å². The van der Waals surface area contributed by atoms with E-state index in [9.17, 15) is 9.59 Å². The average molecular weight is 453 g/mol. The molecule has 3 aromatic rings. The Morgan fingerprint density at radius 1 is 1.00 bits per heavy atom. The van der Waals surface area contributed by atoms with E-state index in [0.717, 1.165) is 34.1 Å². The van der Waals surface area contributed by atoms with Crippen molar-refractivity contribution in [1.29, 1.82) is 0 Å². The van der Waals surface area contributed by atoms with Gasteiger partial charge in [-0.2, -0.15) is 0 Å². The third kappa shape index (κ3) is 4.33. The second kappa shape index (κ2) is 9.44. The Bertz CT molecular complexity index is 1170. The largest absolute Gasteiger partial charge is 0.493 e. The number of hydrogen-bond acceptors (Lipinski definition) is 6. The molecule has 4 rings (SSSR count). The number of H-pyrrole nitrogens is 1. The molecule has 0 unspecified atom stereocenters. The van der Waals surface area contributed by atoms with Gasteiger partial charge in [-0.25, -0.2) is 4.79 Å². The lowest BCUT2D eigenvalue weighted by atomic mass is 10.0. The number of ether oxygens (including phenoxy) is 4. The summed E-state index contributed by atoms with van der Waals surface area (Å²) in [4.78, 5) is 30.3. The molecule has 0 radical (unpaired) electrons. The Labute approximate surface area is 192 Å². The average Bonchev–Trinajstić information content (AvgIpc) is 3.22. The van der Waals surface area contributed by atoms with Crippen LogP contribution in [0.3, 0.4) is 0 Å². The molecule has 0 fully saturated rings. The maximum atomic E-state index is 13.0. The molecule has 2 aromatic carbocycles. The summed E-state index contributed by atoms with van der Waals surface area (Å²) < 4.78 is 21.0. The fourth-order valence-electron chi connectivity index (χ4n) is 4.36. The summed E-state index contributed by atoms with van der Waals surface area (Å²) in [5.41, 5.74) is 4.56. The summed E-state index contributed by atoms with van der Waals surface area (Å²) in [7, 11) is 6.08. The quantitative estimate of drug-likeness (QED) is 0.552.